The third-order valence-corrected chi connectivity index (χ3v) is 3.66. The lowest BCUT2D eigenvalue weighted by Gasteiger charge is -2.36. The van der Waals surface area contributed by atoms with Gasteiger partial charge in [0.05, 0.1) is 11.6 Å². The Kier molecular flexibility index (Phi) is 2.72. The Bertz CT molecular complexity index is 551. The lowest BCUT2D eigenvalue weighted by molar-refractivity contribution is 0.204. The van der Waals surface area contributed by atoms with Gasteiger partial charge in [-0.1, -0.05) is 22.0 Å². The van der Waals surface area contributed by atoms with Gasteiger partial charge in [0, 0.05) is 29.1 Å². The summed E-state index contributed by atoms with van der Waals surface area (Å²) in [6.45, 7) is 2.11. The maximum Gasteiger partial charge on any atom is 0.223 e. The van der Waals surface area contributed by atoms with Crippen molar-refractivity contribution < 1.29 is 0 Å². The normalized spacial score (nSPS) is 17.1. The average molecular weight is 293 g/mol. The Hall–Kier alpha value is -1.20. The second-order valence-corrected chi connectivity index (χ2v) is 5.28. The molecule has 0 amide bonds. The predicted molar refractivity (Wildman–Crippen MR) is 72.1 cm³/mol. The first kappa shape index (κ1) is 10.9. The number of halogens is 1. The molecule has 0 atom stereocenters. The van der Waals surface area contributed by atoms with Crippen LogP contribution in [-0.4, -0.2) is 41.0 Å². The van der Waals surface area contributed by atoms with E-state index in [-0.39, 0.29) is 0 Å². The molecule has 4 nitrogen and oxygen atoms in total. The summed E-state index contributed by atoms with van der Waals surface area (Å²) < 4.78 is 1.03. The lowest BCUT2D eigenvalue weighted by atomic mass is 10.1. The van der Waals surface area contributed by atoms with Crippen LogP contribution < -0.4 is 5.32 Å². The molecule has 3 rings (SSSR count). The molecule has 1 N–H and O–H groups in total. The van der Waals surface area contributed by atoms with E-state index in [1.54, 1.807) is 0 Å². The molecule has 0 radical (unpaired) electrons. The molecule has 88 valence electrons. The number of likely N-dealkylation sites (tertiary alicyclic amines) is 1. The van der Waals surface area contributed by atoms with Gasteiger partial charge in [-0.3, -0.25) is 0 Å². The van der Waals surface area contributed by atoms with Gasteiger partial charge in [-0.25, -0.2) is 9.97 Å². The highest BCUT2D eigenvalue weighted by Gasteiger charge is 2.23. The van der Waals surface area contributed by atoms with Crippen LogP contribution in [0.5, 0.6) is 0 Å². The van der Waals surface area contributed by atoms with Crippen LogP contribution in [-0.2, 0) is 0 Å². The van der Waals surface area contributed by atoms with Crippen molar-refractivity contribution in [2.75, 3.05) is 25.5 Å². The van der Waals surface area contributed by atoms with Crippen LogP contribution in [0.4, 0.5) is 5.95 Å². The summed E-state index contributed by atoms with van der Waals surface area (Å²) in [6, 6.07) is 6.46. The van der Waals surface area contributed by atoms with Crippen LogP contribution in [0.3, 0.4) is 0 Å². The van der Waals surface area contributed by atoms with Gasteiger partial charge in [0.2, 0.25) is 5.95 Å². The number of aromatic nitrogens is 2. The van der Waals surface area contributed by atoms with Crippen LogP contribution in [0.25, 0.3) is 10.9 Å². The predicted octanol–water partition coefficient (Wildman–Crippen LogP) is 2.12. The molecule has 5 heteroatoms. The van der Waals surface area contributed by atoms with Crippen LogP contribution in [0, 0.1) is 0 Å². The average Bonchev–Trinajstić information content (AvgIpc) is 2.27. The van der Waals surface area contributed by atoms with Crippen LogP contribution in [0.2, 0.25) is 0 Å². The molecule has 1 aromatic carbocycles. The van der Waals surface area contributed by atoms with E-state index in [1.165, 1.54) is 0 Å². The Morgan fingerprint density at radius 2 is 2.24 bits per heavy atom. The highest BCUT2D eigenvalue weighted by molar-refractivity contribution is 9.10. The standard InChI is InChI=1S/C12H13BrN4/c1-17-6-8(7-17)15-12-14-5-9-10(13)3-2-4-11(9)16-12/h2-5,8H,6-7H2,1H3,(H,14,15,16). The van der Waals surface area contributed by atoms with Gasteiger partial charge in [0.25, 0.3) is 0 Å². The van der Waals surface area contributed by atoms with E-state index < -0.39 is 0 Å². The molecular weight excluding hydrogens is 280 g/mol. The molecule has 1 saturated heterocycles. The molecule has 1 aliphatic rings. The molecule has 0 spiro atoms. The number of rotatable bonds is 2. The van der Waals surface area contributed by atoms with E-state index in [9.17, 15) is 0 Å². The largest absolute Gasteiger partial charge is 0.349 e. The number of benzene rings is 1. The molecule has 0 unspecified atom stereocenters. The molecule has 2 heterocycles. The van der Waals surface area contributed by atoms with E-state index in [4.69, 9.17) is 0 Å². The highest BCUT2D eigenvalue weighted by Crippen LogP contribution is 2.22. The third kappa shape index (κ3) is 2.12. The zero-order valence-electron chi connectivity index (χ0n) is 9.52. The van der Waals surface area contributed by atoms with Crippen LogP contribution in [0.1, 0.15) is 0 Å². The molecule has 2 aromatic rings. The first-order valence-corrected chi connectivity index (χ1v) is 6.38. The Balaban J connectivity index is 1.86. The number of fused-ring (bicyclic) bond motifs is 1. The number of nitrogens with zero attached hydrogens (tertiary/aromatic N) is 3. The molecule has 1 aliphatic heterocycles. The Labute approximate surface area is 108 Å². The molecule has 1 aromatic heterocycles. The van der Waals surface area contributed by atoms with E-state index >= 15 is 0 Å². The molecule has 0 bridgehead atoms. The van der Waals surface area contributed by atoms with Crippen molar-refractivity contribution in [3.63, 3.8) is 0 Å². The fourth-order valence-corrected chi connectivity index (χ4v) is 2.52. The minimum Gasteiger partial charge on any atom is -0.349 e. The summed E-state index contributed by atoms with van der Waals surface area (Å²) in [5, 5.41) is 4.39. The maximum atomic E-state index is 4.51. The lowest BCUT2D eigenvalue weighted by Crippen LogP contribution is -2.52. The zero-order valence-corrected chi connectivity index (χ0v) is 11.1. The fraction of sp³-hybridized carbons (Fsp3) is 0.333. The minimum atomic E-state index is 0.476. The second kappa shape index (κ2) is 4.23. The smallest absolute Gasteiger partial charge is 0.223 e. The Morgan fingerprint density at radius 3 is 3.00 bits per heavy atom. The number of hydrogen-bond acceptors (Lipinski definition) is 4. The molecule has 0 saturated carbocycles. The van der Waals surface area contributed by atoms with Crippen LogP contribution in [0.15, 0.2) is 28.9 Å². The minimum absolute atomic E-state index is 0.476. The Morgan fingerprint density at radius 1 is 1.41 bits per heavy atom. The monoisotopic (exact) mass is 292 g/mol. The van der Waals surface area contributed by atoms with Gasteiger partial charge in [-0.2, -0.15) is 0 Å². The summed E-state index contributed by atoms with van der Waals surface area (Å²) in [6.07, 6.45) is 1.86. The van der Waals surface area contributed by atoms with Crippen molar-refractivity contribution in [2.45, 2.75) is 6.04 Å². The summed E-state index contributed by atoms with van der Waals surface area (Å²) in [4.78, 5) is 11.1. The number of likely N-dealkylation sites (N-methyl/N-ethyl adjacent to an activating group) is 1. The van der Waals surface area contributed by atoms with Gasteiger partial charge in [-0.15, -0.1) is 0 Å². The number of hydrogen-bond donors (Lipinski definition) is 1. The van der Waals surface area contributed by atoms with E-state index in [0.29, 0.717) is 12.0 Å². The van der Waals surface area contributed by atoms with Gasteiger partial charge in [0.1, 0.15) is 0 Å². The van der Waals surface area contributed by atoms with Gasteiger partial charge in [-0.05, 0) is 19.2 Å². The first-order valence-electron chi connectivity index (χ1n) is 5.59. The topological polar surface area (TPSA) is 41.0 Å². The highest BCUT2D eigenvalue weighted by atomic mass is 79.9. The van der Waals surface area contributed by atoms with Crippen molar-refractivity contribution in [1.29, 1.82) is 0 Å². The molecule has 0 aliphatic carbocycles. The van der Waals surface area contributed by atoms with E-state index in [2.05, 4.69) is 43.2 Å². The molecule has 1 fully saturated rings. The molecular formula is C12H13BrN4. The van der Waals surface area contributed by atoms with E-state index in [0.717, 1.165) is 28.5 Å². The first-order chi connectivity index (χ1) is 8.22. The quantitative estimate of drug-likeness (QED) is 0.921. The number of anilines is 1. The van der Waals surface area contributed by atoms with E-state index in [1.807, 2.05) is 24.4 Å². The van der Waals surface area contributed by atoms with Crippen LogP contribution >= 0.6 is 15.9 Å². The second-order valence-electron chi connectivity index (χ2n) is 4.43. The van der Waals surface area contributed by atoms with Gasteiger partial charge < -0.3 is 10.2 Å². The zero-order chi connectivity index (χ0) is 11.8. The summed E-state index contributed by atoms with van der Waals surface area (Å²) >= 11 is 3.50. The molecule has 17 heavy (non-hydrogen) atoms. The van der Waals surface area contributed by atoms with Crippen molar-refractivity contribution in [3.05, 3.63) is 28.9 Å². The summed E-state index contributed by atoms with van der Waals surface area (Å²) in [5.41, 5.74) is 0.963. The van der Waals surface area contributed by atoms with Gasteiger partial charge in [0.15, 0.2) is 0 Å². The van der Waals surface area contributed by atoms with Crippen molar-refractivity contribution in [3.8, 4) is 0 Å². The van der Waals surface area contributed by atoms with Crippen molar-refractivity contribution >= 4 is 32.8 Å². The third-order valence-electron chi connectivity index (χ3n) is 2.97. The van der Waals surface area contributed by atoms with Crippen molar-refractivity contribution in [1.82, 2.24) is 14.9 Å². The fourth-order valence-electron chi connectivity index (χ4n) is 2.06. The maximum absolute atomic E-state index is 4.51. The summed E-state index contributed by atoms with van der Waals surface area (Å²) in [5.74, 6) is 0.716. The SMILES string of the molecule is CN1CC(Nc2ncc3c(Br)cccc3n2)C1. The summed E-state index contributed by atoms with van der Waals surface area (Å²) in [7, 11) is 2.11. The number of nitrogens with one attached hydrogen (secondary N) is 1. The van der Waals surface area contributed by atoms with Crippen molar-refractivity contribution in [2.24, 2.45) is 0 Å². The van der Waals surface area contributed by atoms with Gasteiger partial charge >= 0.3 is 0 Å².